The Hall–Kier alpha value is -1.99. The molecule has 1 heterocycles. The molecule has 25 heavy (non-hydrogen) atoms. The lowest BCUT2D eigenvalue weighted by Gasteiger charge is -2.33. The summed E-state index contributed by atoms with van der Waals surface area (Å²) in [7, 11) is 1.51. The van der Waals surface area contributed by atoms with Crippen molar-refractivity contribution >= 4 is 23.6 Å². The van der Waals surface area contributed by atoms with E-state index >= 15 is 0 Å². The molecule has 0 bridgehead atoms. The third-order valence-corrected chi connectivity index (χ3v) is 4.19. The fourth-order valence-corrected chi connectivity index (χ4v) is 2.58. The third kappa shape index (κ3) is 6.80. The van der Waals surface area contributed by atoms with Gasteiger partial charge in [0.05, 0.1) is 6.61 Å². The number of hydrogen-bond acceptors (Lipinski definition) is 5. The zero-order chi connectivity index (χ0) is 18.1. The molecule has 1 N–H and O–H groups in total. The van der Waals surface area contributed by atoms with Crippen LogP contribution in [-0.4, -0.2) is 74.8 Å². The number of halogens is 1. The minimum atomic E-state index is -0.436. The lowest BCUT2D eigenvalue weighted by molar-refractivity contribution is -0.123. The molecule has 1 fully saturated rings. The maximum Gasteiger partial charge on any atom is 0.410 e. The van der Waals surface area contributed by atoms with E-state index in [1.165, 1.54) is 7.05 Å². The van der Waals surface area contributed by atoms with Crippen molar-refractivity contribution in [2.45, 2.75) is 6.42 Å². The first-order valence-electron chi connectivity index (χ1n) is 8.31. The van der Waals surface area contributed by atoms with Crippen molar-refractivity contribution in [1.82, 2.24) is 15.1 Å². The second-order valence-electron chi connectivity index (χ2n) is 5.71. The lowest BCUT2D eigenvalue weighted by Crippen LogP contribution is -2.49. The molecule has 7 nitrogen and oxygen atoms in total. The van der Waals surface area contributed by atoms with Crippen molar-refractivity contribution in [3.63, 3.8) is 0 Å². The minimum Gasteiger partial charge on any atom is -0.494 e. The van der Waals surface area contributed by atoms with Crippen LogP contribution in [-0.2, 0) is 9.53 Å². The molecule has 138 valence electrons. The number of piperazine rings is 1. The zero-order valence-electron chi connectivity index (χ0n) is 14.4. The quantitative estimate of drug-likeness (QED) is 0.739. The largest absolute Gasteiger partial charge is 0.494 e. The highest BCUT2D eigenvalue weighted by atomic mass is 35.5. The van der Waals surface area contributed by atoms with Crippen LogP contribution in [0.25, 0.3) is 0 Å². The Kier molecular flexibility index (Phi) is 7.81. The van der Waals surface area contributed by atoms with Crippen molar-refractivity contribution in [2.75, 3.05) is 53.0 Å². The summed E-state index contributed by atoms with van der Waals surface area (Å²) >= 11 is 5.83. The number of hydrogen-bond donors (Lipinski definition) is 1. The van der Waals surface area contributed by atoms with Crippen LogP contribution in [0.2, 0.25) is 5.02 Å². The first-order chi connectivity index (χ1) is 12.1. The van der Waals surface area contributed by atoms with Crippen LogP contribution >= 0.6 is 11.6 Å². The Morgan fingerprint density at radius 1 is 1.16 bits per heavy atom. The van der Waals surface area contributed by atoms with E-state index < -0.39 is 6.09 Å². The van der Waals surface area contributed by atoms with Crippen LogP contribution in [0.15, 0.2) is 24.3 Å². The fraction of sp³-hybridized carbons (Fsp3) is 0.529. The molecule has 0 radical (unpaired) electrons. The van der Waals surface area contributed by atoms with Gasteiger partial charge in [0, 0.05) is 44.8 Å². The molecule has 0 aromatic heterocycles. The molecule has 2 rings (SSSR count). The topological polar surface area (TPSA) is 71.1 Å². The molecule has 1 aliphatic rings. The third-order valence-electron chi connectivity index (χ3n) is 3.94. The van der Waals surface area contributed by atoms with E-state index in [1.54, 1.807) is 17.0 Å². The number of nitrogens with one attached hydrogen (secondary N) is 1. The highest BCUT2D eigenvalue weighted by molar-refractivity contribution is 6.30. The van der Waals surface area contributed by atoms with Crippen LogP contribution in [0.1, 0.15) is 6.42 Å². The standard InChI is InChI=1S/C17H24ClN3O4/c1-19-16(22)13-25-17(23)21-10-8-20(9-11-21)7-2-12-24-15-5-3-14(18)4-6-15/h3-6H,2,7-13H2,1H3,(H,19,22). The molecular weight excluding hydrogens is 346 g/mol. The van der Waals surface area contributed by atoms with Crippen LogP contribution in [0, 0.1) is 0 Å². The van der Waals surface area contributed by atoms with Gasteiger partial charge in [0.15, 0.2) is 6.61 Å². The van der Waals surface area contributed by atoms with E-state index in [2.05, 4.69) is 10.2 Å². The van der Waals surface area contributed by atoms with Crippen LogP contribution in [0.5, 0.6) is 5.75 Å². The van der Waals surface area contributed by atoms with Gasteiger partial charge in [0.1, 0.15) is 5.75 Å². The maximum atomic E-state index is 11.8. The second kappa shape index (κ2) is 10.1. The highest BCUT2D eigenvalue weighted by Gasteiger charge is 2.22. The second-order valence-corrected chi connectivity index (χ2v) is 6.15. The van der Waals surface area contributed by atoms with Gasteiger partial charge in [-0.05, 0) is 30.7 Å². The summed E-state index contributed by atoms with van der Waals surface area (Å²) in [5.74, 6) is 0.501. The maximum absolute atomic E-state index is 11.8. The number of rotatable bonds is 7. The smallest absolute Gasteiger partial charge is 0.410 e. The molecule has 0 aliphatic carbocycles. The summed E-state index contributed by atoms with van der Waals surface area (Å²) in [6.45, 7) is 4.09. The predicted molar refractivity (Wildman–Crippen MR) is 95.0 cm³/mol. The molecule has 8 heteroatoms. The summed E-state index contributed by atoms with van der Waals surface area (Å²) in [5.41, 5.74) is 0. The molecular formula is C17H24ClN3O4. The average molecular weight is 370 g/mol. The van der Waals surface area contributed by atoms with Crippen LogP contribution in [0.3, 0.4) is 0 Å². The predicted octanol–water partition coefficient (Wildman–Crippen LogP) is 1.61. The van der Waals surface area contributed by atoms with Crippen molar-refractivity contribution in [1.29, 1.82) is 0 Å². The lowest BCUT2D eigenvalue weighted by atomic mass is 10.3. The Morgan fingerprint density at radius 2 is 1.84 bits per heavy atom. The van der Waals surface area contributed by atoms with Crippen LogP contribution < -0.4 is 10.1 Å². The number of carbonyl (C=O) groups is 2. The molecule has 0 saturated carbocycles. The van der Waals surface area contributed by atoms with Gasteiger partial charge in [0.2, 0.25) is 0 Å². The number of benzene rings is 1. The number of nitrogens with zero attached hydrogens (tertiary/aromatic N) is 2. The Labute approximate surface area is 152 Å². The van der Waals surface area contributed by atoms with Gasteiger partial charge in [-0.1, -0.05) is 11.6 Å². The van der Waals surface area contributed by atoms with E-state index in [1.807, 2.05) is 12.1 Å². The molecule has 0 atom stereocenters. The van der Waals surface area contributed by atoms with E-state index in [0.29, 0.717) is 24.7 Å². The summed E-state index contributed by atoms with van der Waals surface area (Å²) in [4.78, 5) is 26.8. The Balaban J connectivity index is 1.58. The Morgan fingerprint density at radius 3 is 2.48 bits per heavy atom. The van der Waals surface area contributed by atoms with Gasteiger partial charge in [0.25, 0.3) is 5.91 Å². The van der Waals surface area contributed by atoms with Gasteiger partial charge in [-0.2, -0.15) is 0 Å². The van der Waals surface area contributed by atoms with Crippen LogP contribution in [0.4, 0.5) is 4.79 Å². The monoisotopic (exact) mass is 369 g/mol. The first-order valence-corrected chi connectivity index (χ1v) is 8.69. The highest BCUT2D eigenvalue weighted by Crippen LogP contribution is 2.15. The van der Waals surface area contributed by atoms with Gasteiger partial charge < -0.3 is 19.7 Å². The zero-order valence-corrected chi connectivity index (χ0v) is 15.1. The molecule has 1 saturated heterocycles. The summed E-state index contributed by atoms with van der Waals surface area (Å²) in [5, 5.41) is 3.11. The minimum absolute atomic E-state index is 0.239. The molecule has 0 unspecified atom stereocenters. The number of amides is 2. The molecule has 2 amide bonds. The van der Waals surface area contributed by atoms with E-state index in [0.717, 1.165) is 31.8 Å². The van der Waals surface area contributed by atoms with E-state index in [-0.39, 0.29) is 12.5 Å². The Bertz CT molecular complexity index is 560. The molecule has 0 spiro atoms. The van der Waals surface area contributed by atoms with Crippen molar-refractivity contribution in [2.24, 2.45) is 0 Å². The fourth-order valence-electron chi connectivity index (χ4n) is 2.45. The number of carbonyl (C=O) groups excluding carboxylic acids is 2. The molecule has 1 aliphatic heterocycles. The van der Waals surface area contributed by atoms with Gasteiger partial charge >= 0.3 is 6.09 Å². The molecule has 1 aromatic rings. The normalized spacial score (nSPS) is 14.9. The average Bonchev–Trinajstić information content (AvgIpc) is 2.65. The van der Waals surface area contributed by atoms with Crippen molar-refractivity contribution in [3.8, 4) is 5.75 Å². The SMILES string of the molecule is CNC(=O)COC(=O)N1CCN(CCCOc2ccc(Cl)cc2)CC1. The van der Waals surface area contributed by atoms with Gasteiger partial charge in [-0.3, -0.25) is 9.69 Å². The van der Waals surface area contributed by atoms with Gasteiger partial charge in [-0.25, -0.2) is 4.79 Å². The number of ether oxygens (including phenoxy) is 2. The summed E-state index contributed by atoms with van der Waals surface area (Å²) in [6.07, 6.45) is 0.471. The summed E-state index contributed by atoms with van der Waals surface area (Å²) < 4.78 is 10.6. The van der Waals surface area contributed by atoms with Crippen molar-refractivity contribution in [3.05, 3.63) is 29.3 Å². The van der Waals surface area contributed by atoms with E-state index in [9.17, 15) is 9.59 Å². The first kappa shape index (κ1) is 19.3. The summed E-state index contributed by atoms with van der Waals surface area (Å²) in [6, 6.07) is 7.32. The van der Waals surface area contributed by atoms with E-state index in [4.69, 9.17) is 21.1 Å². The van der Waals surface area contributed by atoms with Gasteiger partial charge in [-0.15, -0.1) is 0 Å². The number of likely N-dealkylation sites (N-methyl/N-ethyl adjacent to an activating group) is 1. The molecule has 1 aromatic carbocycles. The van der Waals surface area contributed by atoms with Crippen molar-refractivity contribution < 1.29 is 19.1 Å².